The second-order valence-electron chi connectivity index (χ2n) is 3.08. The third-order valence-corrected chi connectivity index (χ3v) is 1.77. The van der Waals surface area contributed by atoms with Crippen molar-refractivity contribution in [3.05, 3.63) is 33.8 Å². The second-order valence-corrected chi connectivity index (χ2v) is 3.08. The van der Waals surface area contributed by atoms with Gasteiger partial charge in [-0.1, -0.05) is 6.92 Å². The van der Waals surface area contributed by atoms with Crippen LogP contribution in [0.1, 0.15) is 25.8 Å². The summed E-state index contributed by atoms with van der Waals surface area (Å²) >= 11 is 0. The van der Waals surface area contributed by atoms with E-state index in [-0.39, 0.29) is 5.70 Å². The average molecular weight is 195 g/mol. The molecular weight excluding hydrogens is 182 g/mol. The molecule has 76 valence electrons. The van der Waals surface area contributed by atoms with Gasteiger partial charge in [0.1, 0.15) is 0 Å². The summed E-state index contributed by atoms with van der Waals surface area (Å²) in [6.07, 6.45) is 5.94. The number of nitrogens with zero attached hydrogens (tertiary/aromatic N) is 3. The maximum Gasteiger partial charge on any atom is 0.243 e. The molecule has 0 saturated carbocycles. The van der Waals surface area contributed by atoms with Crippen molar-refractivity contribution in [1.82, 2.24) is 9.78 Å². The van der Waals surface area contributed by atoms with Gasteiger partial charge < -0.3 is 0 Å². The highest BCUT2D eigenvalue weighted by molar-refractivity contribution is 5.48. The Bertz CT molecular complexity index is 355. The van der Waals surface area contributed by atoms with Gasteiger partial charge in [-0.25, -0.2) is 0 Å². The van der Waals surface area contributed by atoms with Crippen molar-refractivity contribution in [2.75, 3.05) is 0 Å². The molecule has 5 nitrogen and oxygen atoms in total. The van der Waals surface area contributed by atoms with Crippen LogP contribution in [-0.2, 0) is 6.54 Å². The molecule has 1 heterocycles. The molecule has 0 unspecified atom stereocenters. The Labute approximate surface area is 82.2 Å². The summed E-state index contributed by atoms with van der Waals surface area (Å²) in [5.41, 5.74) is 0.897. The van der Waals surface area contributed by atoms with Crippen LogP contribution in [0, 0.1) is 10.1 Å². The summed E-state index contributed by atoms with van der Waals surface area (Å²) in [7, 11) is 0. The summed E-state index contributed by atoms with van der Waals surface area (Å²) in [6.45, 7) is 4.36. The topological polar surface area (TPSA) is 61.0 Å². The van der Waals surface area contributed by atoms with Crippen molar-refractivity contribution < 1.29 is 4.92 Å². The van der Waals surface area contributed by atoms with Crippen LogP contribution in [0.3, 0.4) is 0 Å². The molecule has 1 aromatic heterocycles. The second kappa shape index (κ2) is 4.55. The number of nitro groups is 1. The highest BCUT2D eigenvalue weighted by atomic mass is 16.6. The Morgan fingerprint density at radius 2 is 2.50 bits per heavy atom. The van der Waals surface area contributed by atoms with Crippen molar-refractivity contribution in [1.29, 1.82) is 0 Å². The predicted octanol–water partition coefficient (Wildman–Crippen LogP) is 1.93. The van der Waals surface area contributed by atoms with E-state index in [9.17, 15) is 10.1 Å². The lowest BCUT2D eigenvalue weighted by atomic mass is 10.3. The molecule has 0 fully saturated rings. The van der Waals surface area contributed by atoms with Crippen molar-refractivity contribution >= 4 is 6.08 Å². The molecule has 14 heavy (non-hydrogen) atoms. The number of aryl methyl sites for hydroxylation is 1. The van der Waals surface area contributed by atoms with Crippen LogP contribution in [0.15, 0.2) is 18.1 Å². The third-order valence-electron chi connectivity index (χ3n) is 1.77. The van der Waals surface area contributed by atoms with Gasteiger partial charge in [0, 0.05) is 31.3 Å². The molecule has 0 aromatic carbocycles. The molecule has 0 saturated heterocycles. The van der Waals surface area contributed by atoms with Crippen LogP contribution < -0.4 is 0 Å². The smallest absolute Gasteiger partial charge is 0.243 e. The lowest BCUT2D eigenvalue weighted by Gasteiger charge is -1.93. The average Bonchev–Trinajstić information content (AvgIpc) is 2.53. The fraction of sp³-hybridized carbons (Fsp3) is 0.444. The van der Waals surface area contributed by atoms with Gasteiger partial charge in [0.15, 0.2) is 0 Å². The Balaban J connectivity index is 2.77. The first kappa shape index (κ1) is 10.4. The van der Waals surface area contributed by atoms with Gasteiger partial charge in [-0.3, -0.25) is 14.8 Å². The summed E-state index contributed by atoms with van der Waals surface area (Å²) in [4.78, 5) is 9.94. The molecule has 0 aliphatic heterocycles. The number of rotatable bonds is 4. The minimum absolute atomic E-state index is 0.126. The van der Waals surface area contributed by atoms with E-state index < -0.39 is 4.92 Å². The lowest BCUT2D eigenvalue weighted by molar-refractivity contribution is -0.422. The largest absolute Gasteiger partial charge is 0.272 e. The van der Waals surface area contributed by atoms with Gasteiger partial charge in [-0.15, -0.1) is 0 Å². The van der Waals surface area contributed by atoms with Gasteiger partial charge in [0.25, 0.3) is 0 Å². The SMILES string of the molecule is CCCn1cc(/C=C(/C)[N+](=O)[O-])cn1. The van der Waals surface area contributed by atoms with E-state index in [2.05, 4.69) is 12.0 Å². The number of hydrogen-bond donors (Lipinski definition) is 0. The molecule has 1 aromatic rings. The van der Waals surface area contributed by atoms with E-state index in [1.165, 1.54) is 13.0 Å². The first-order valence-electron chi connectivity index (χ1n) is 4.48. The molecule has 5 heteroatoms. The van der Waals surface area contributed by atoms with Crippen molar-refractivity contribution in [3.63, 3.8) is 0 Å². The molecule has 0 spiro atoms. The van der Waals surface area contributed by atoms with Crippen molar-refractivity contribution in [3.8, 4) is 0 Å². The minimum atomic E-state index is -0.406. The lowest BCUT2D eigenvalue weighted by Crippen LogP contribution is -1.95. The third kappa shape index (κ3) is 2.69. The quantitative estimate of drug-likeness (QED) is 0.544. The van der Waals surface area contributed by atoms with Crippen LogP contribution in [0.5, 0.6) is 0 Å². The Kier molecular flexibility index (Phi) is 3.39. The van der Waals surface area contributed by atoms with Crippen LogP contribution in [0.4, 0.5) is 0 Å². The first-order valence-corrected chi connectivity index (χ1v) is 4.48. The molecule has 0 N–H and O–H groups in total. The molecule has 0 radical (unpaired) electrons. The summed E-state index contributed by atoms with van der Waals surface area (Å²) < 4.78 is 1.78. The Morgan fingerprint density at radius 1 is 1.79 bits per heavy atom. The molecule has 0 aliphatic rings. The van der Waals surface area contributed by atoms with E-state index in [0.717, 1.165) is 18.5 Å². The molecular formula is C9H13N3O2. The van der Waals surface area contributed by atoms with E-state index in [0.29, 0.717) is 0 Å². The fourth-order valence-corrected chi connectivity index (χ4v) is 1.10. The summed E-state index contributed by atoms with van der Waals surface area (Å²) in [6, 6.07) is 0. The number of allylic oxidation sites excluding steroid dienone is 1. The van der Waals surface area contributed by atoms with Crippen molar-refractivity contribution in [2.24, 2.45) is 0 Å². The Morgan fingerprint density at radius 3 is 3.07 bits per heavy atom. The van der Waals surface area contributed by atoms with Gasteiger partial charge in [0.2, 0.25) is 5.70 Å². The van der Waals surface area contributed by atoms with Gasteiger partial charge in [-0.05, 0) is 6.42 Å². The van der Waals surface area contributed by atoms with Gasteiger partial charge in [-0.2, -0.15) is 5.10 Å². The molecule has 0 aliphatic carbocycles. The highest BCUT2D eigenvalue weighted by Crippen LogP contribution is 2.06. The molecule has 0 bridgehead atoms. The summed E-state index contributed by atoms with van der Waals surface area (Å²) in [5, 5.41) is 14.4. The van der Waals surface area contributed by atoms with Crippen LogP contribution in [-0.4, -0.2) is 14.7 Å². The Hall–Kier alpha value is -1.65. The van der Waals surface area contributed by atoms with Crippen LogP contribution in [0.25, 0.3) is 6.08 Å². The van der Waals surface area contributed by atoms with Gasteiger partial charge in [0.05, 0.1) is 11.1 Å². The molecule has 1 rings (SSSR count). The monoisotopic (exact) mass is 195 g/mol. The van der Waals surface area contributed by atoms with Gasteiger partial charge >= 0.3 is 0 Å². The maximum absolute atomic E-state index is 10.3. The zero-order valence-electron chi connectivity index (χ0n) is 8.30. The summed E-state index contributed by atoms with van der Waals surface area (Å²) in [5.74, 6) is 0. The highest BCUT2D eigenvalue weighted by Gasteiger charge is 2.03. The maximum atomic E-state index is 10.3. The molecule has 0 amide bonds. The van der Waals surface area contributed by atoms with E-state index in [1.807, 2.05) is 0 Å². The number of aromatic nitrogens is 2. The van der Waals surface area contributed by atoms with Crippen LogP contribution in [0.2, 0.25) is 0 Å². The minimum Gasteiger partial charge on any atom is -0.272 e. The van der Waals surface area contributed by atoms with Crippen LogP contribution >= 0.6 is 0 Å². The van der Waals surface area contributed by atoms with E-state index >= 15 is 0 Å². The zero-order valence-corrected chi connectivity index (χ0v) is 8.30. The zero-order chi connectivity index (χ0) is 10.6. The molecule has 0 atom stereocenters. The fourth-order valence-electron chi connectivity index (χ4n) is 1.10. The van der Waals surface area contributed by atoms with E-state index in [1.54, 1.807) is 17.1 Å². The number of hydrogen-bond acceptors (Lipinski definition) is 3. The predicted molar refractivity (Wildman–Crippen MR) is 53.2 cm³/mol. The first-order chi connectivity index (χ1) is 6.63. The van der Waals surface area contributed by atoms with Crippen molar-refractivity contribution in [2.45, 2.75) is 26.8 Å². The van der Waals surface area contributed by atoms with E-state index in [4.69, 9.17) is 0 Å². The standard InChI is InChI=1S/C9H13N3O2/c1-3-4-11-7-9(6-10-11)5-8(2)12(13)14/h5-7H,3-4H2,1-2H3/b8-5-. The normalized spacial score (nSPS) is 11.7.